The second kappa shape index (κ2) is 8.15. The van der Waals surface area contributed by atoms with Crippen molar-refractivity contribution >= 4 is 23.2 Å². The van der Waals surface area contributed by atoms with Crippen LogP contribution in [0.4, 0.5) is 11.4 Å². The molecule has 1 heterocycles. The first-order valence-electron chi connectivity index (χ1n) is 9.28. The molecule has 2 amide bonds. The Morgan fingerprint density at radius 3 is 2.76 bits per heavy atom. The minimum absolute atomic E-state index is 0.0702. The number of anilines is 2. The highest BCUT2D eigenvalue weighted by Gasteiger charge is 2.25. The molecule has 0 spiro atoms. The van der Waals surface area contributed by atoms with Crippen molar-refractivity contribution in [1.29, 1.82) is 5.26 Å². The monoisotopic (exact) mass is 339 g/mol. The first-order chi connectivity index (χ1) is 12.2. The average Bonchev–Trinajstić information content (AvgIpc) is 2.62. The summed E-state index contributed by atoms with van der Waals surface area (Å²) in [5, 5.41) is 11.9. The molecule has 0 radical (unpaired) electrons. The van der Waals surface area contributed by atoms with Gasteiger partial charge in [0.05, 0.1) is 6.07 Å². The lowest BCUT2D eigenvalue weighted by Gasteiger charge is -2.30. The molecule has 0 atom stereocenters. The first kappa shape index (κ1) is 17.5. The predicted molar refractivity (Wildman–Crippen MR) is 97.2 cm³/mol. The maximum absolute atomic E-state index is 12.4. The lowest BCUT2D eigenvalue weighted by Crippen LogP contribution is -2.35. The summed E-state index contributed by atoms with van der Waals surface area (Å²) in [5.74, 6) is 0.400. The van der Waals surface area contributed by atoms with E-state index >= 15 is 0 Å². The normalized spacial score (nSPS) is 17.5. The average molecular weight is 339 g/mol. The molecule has 1 aromatic carbocycles. The van der Waals surface area contributed by atoms with Crippen LogP contribution in [0.3, 0.4) is 0 Å². The Morgan fingerprint density at radius 1 is 1.20 bits per heavy atom. The van der Waals surface area contributed by atoms with E-state index in [0.717, 1.165) is 42.6 Å². The number of benzene rings is 1. The molecular weight excluding hydrogens is 314 g/mol. The zero-order valence-electron chi connectivity index (χ0n) is 14.6. The summed E-state index contributed by atoms with van der Waals surface area (Å²) in [7, 11) is 0. The third kappa shape index (κ3) is 4.19. The van der Waals surface area contributed by atoms with Crippen molar-refractivity contribution in [2.24, 2.45) is 5.92 Å². The number of rotatable bonds is 4. The van der Waals surface area contributed by atoms with Crippen LogP contribution in [-0.4, -0.2) is 18.4 Å². The molecule has 0 bridgehead atoms. The topological polar surface area (TPSA) is 73.2 Å². The zero-order chi connectivity index (χ0) is 17.6. The number of hydrogen-bond donors (Lipinski definition) is 1. The highest BCUT2D eigenvalue weighted by atomic mass is 16.2. The fraction of sp³-hybridized carbons (Fsp3) is 0.550. The number of carbonyl (C=O) groups is 2. The number of fused-ring (bicyclic) bond motifs is 1. The van der Waals surface area contributed by atoms with Crippen LogP contribution in [0.25, 0.3) is 0 Å². The van der Waals surface area contributed by atoms with Gasteiger partial charge >= 0.3 is 0 Å². The van der Waals surface area contributed by atoms with Crippen molar-refractivity contribution in [3.63, 3.8) is 0 Å². The number of nitrogens with one attached hydrogen (secondary N) is 1. The largest absolute Gasteiger partial charge is 0.326 e. The number of amides is 2. The molecule has 1 N–H and O–H groups in total. The van der Waals surface area contributed by atoms with Crippen molar-refractivity contribution in [3.8, 4) is 6.07 Å². The molecule has 25 heavy (non-hydrogen) atoms. The van der Waals surface area contributed by atoms with Crippen LogP contribution >= 0.6 is 0 Å². The number of nitriles is 1. The third-order valence-corrected chi connectivity index (χ3v) is 5.25. The van der Waals surface area contributed by atoms with Gasteiger partial charge in [-0.15, -0.1) is 0 Å². The van der Waals surface area contributed by atoms with Crippen LogP contribution < -0.4 is 10.2 Å². The molecule has 1 saturated carbocycles. The van der Waals surface area contributed by atoms with Gasteiger partial charge in [0.15, 0.2) is 0 Å². The van der Waals surface area contributed by atoms with E-state index < -0.39 is 0 Å². The smallest absolute Gasteiger partial charge is 0.241 e. The Labute approximate surface area is 149 Å². The maximum atomic E-state index is 12.4. The number of carbonyl (C=O) groups excluding carboxylic acids is 2. The fourth-order valence-corrected chi connectivity index (χ4v) is 4.02. The Morgan fingerprint density at radius 2 is 2.00 bits per heavy atom. The molecule has 1 aliphatic heterocycles. The minimum Gasteiger partial charge on any atom is -0.326 e. The van der Waals surface area contributed by atoms with Gasteiger partial charge in [-0.1, -0.05) is 25.3 Å². The lowest BCUT2D eigenvalue weighted by molar-refractivity contribution is -0.118. The Kier molecular flexibility index (Phi) is 5.70. The molecule has 1 fully saturated rings. The van der Waals surface area contributed by atoms with Crippen molar-refractivity contribution < 1.29 is 9.59 Å². The first-order valence-corrected chi connectivity index (χ1v) is 9.28. The fourth-order valence-electron chi connectivity index (χ4n) is 4.02. The molecule has 3 rings (SSSR count). The van der Waals surface area contributed by atoms with E-state index in [1.54, 1.807) is 4.90 Å². The van der Waals surface area contributed by atoms with Crippen molar-refractivity contribution in [3.05, 3.63) is 23.8 Å². The van der Waals surface area contributed by atoms with Crippen LogP contribution in [0.1, 0.15) is 56.9 Å². The van der Waals surface area contributed by atoms with Gasteiger partial charge in [0, 0.05) is 24.3 Å². The highest BCUT2D eigenvalue weighted by molar-refractivity contribution is 5.98. The quantitative estimate of drug-likeness (QED) is 0.907. The Bertz CT molecular complexity index is 687. The summed E-state index contributed by atoms with van der Waals surface area (Å²) in [5.41, 5.74) is 2.66. The van der Waals surface area contributed by atoms with Gasteiger partial charge in [-0.3, -0.25) is 9.59 Å². The van der Waals surface area contributed by atoms with Gasteiger partial charge in [-0.2, -0.15) is 5.26 Å². The van der Waals surface area contributed by atoms with E-state index in [0.29, 0.717) is 18.9 Å². The Balaban J connectivity index is 1.72. The van der Waals surface area contributed by atoms with E-state index in [2.05, 4.69) is 5.32 Å². The molecular formula is C20H25N3O2. The van der Waals surface area contributed by atoms with Gasteiger partial charge in [0.2, 0.25) is 11.8 Å². The molecule has 132 valence electrons. The molecule has 0 unspecified atom stereocenters. The molecule has 5 nitrogen and oxygen atoms in total. The second-order valence-corrected chi connectivity index (χ2v) is 7.04. The lowest BCUT2D eigenvalue weighted by atomic mass is 9.87. The van der Waals surface area contributed by atoms with Crippen molar-refractivity contribution in [2.75, 3.05) is 16.8 Å². The summed E-state index contributed by atoms with van der Waals surface area (Å²) in [6, 6.07) is 7.61. The predicted octanol–water partition coefficient (Wildman–Crippen LogP) is 3.79. The summed E-state index contributed by atoms with van der Waals surface area (Å²) >= 11 is 0. The third-order valence-electron chi connectivity index (χ3n) is 5.25. The second-order valence-electron chi connectivity index (χ2n) is 7.04. The summed E-state index contributed by atoms with van der Waals surface area (Å²) in [6.07, 6.45) is 8.21. The molecule has 0 aromatic heterocycles. The maximum Gasteiger partial charge on any atom is 0.241 e. The molecule has 5 heteroatoms. The summed E-state index contributed by atoms with van der Waals surface area (Å²) in [4.78, 5) is 26.3. The molecule has 1 aliphatic carbocycles. The van der Waals surface area contributed by atoms with E-state index in [1.165, 1.54) is 19.3 Å². The van der Waals surface area contributed by atoms with Crippen LogP contribution in [0.5, 0.6) is 0 Å². The van der Waals surface area contributed by atoms with Crippen LogP contribution in [0.15, 0.2) is 18.2 Å². The number of nitrogens with zero attached hydrogens (tertiary/aromatic N) is 2. The molecule has 2 aliphatic rings. The summed E-state index contributed by atoms with van der Waals surface area (Å²) < 4.78 is 0. The van der Waals surface area contributed by atoms with Crippen LogP contribution in [-0.2, 0) is 16.0 Å². The van der Waals surface area contributed by atoms with Crippen molar-refractivity contribution in [1.82, 2.24) is 0 Å². The Hall–Kier alpha value is -2.35. The minimum atomic E-state index is -0.172. The van der Waals surface area contributed by atoms with E-state index in [9.17, 15) is 9.59 Å². The molecule has 1 aromatic rings. The highest BCUT2D eigenvalue weighted by Crippen LogP contribution is 2.34. The van der Waals surface area contributed by atoms with Gasteiger partial charge in [-0.05, 0) is 49.3 Å². The van der Waals surface area contributed by atoms with Gasteiger partial charge in [0.1, 0.15) is 6.42 Å². The van der Waals surface area contributed by atoms with E-state index in [1.807, 2.05) is 24.3 Å². The van der Waals surface area contributed by atoms with E-state index in [4.69, 9.17) is 5.26 Å². The zero-order valence-corrected chi connectivity index (χ0v) is 14.6. The number of hydrogen-bond acceptors (Lipinski definition) is 3. The van der Waals surface area contributed by atoms with Crippen LogP contribution in [0.2, 0.25) is 0 Å². The van der Waals surface area contributed by atoms with Gasteiger partial charge in [-0.25, -0.2) is 0 Å². The SMILES string of the molecule is N#CCC(=O)N1CCCc2c(NC(=O)CC3CCCCC3)cccc21. The van der Waals surface area contributed by atoms with Gasteiger partial charge in [0.25, 0.3) is 0 Å². The standard InChI is InChI=1S/C20H25N3O2/c21-12-11-20(25)23-13-5-8-16-17(9-4-10-18(16)23)22-19(24)14-15-6-2-1-3-7-15/h4,9-10,15H,1-3,5-8,11,13-14H2,(H,22,24). The summed E-state index contributed by atoms with van der Waals surface area (Å²) in [6.45, 7) is 0.632. The molecule has 0 saturated heterocycles. The van der Waals surface area contributed by atoms with E-state index in [-0.39, 0.29) is 18.2 Å². The van der Waals surface area contributed by atoms with Gasteiger partial charge < -0.3 is 10.2 Å². The van der Waals surface area contributed by atoms with Crippen molar-refractivity contribution in [2.45, 2.75) is 57.8 Å². The van der Waals surface area contributed by atoms with Crippen LogP contribution in [0, 0.1) is 17.2 Å².